The van der Waals surface area contributed by atoms with Gasteiger partial charge in [-0.25, -0.2) is 14.2 Å². The first kappa shape index (κ1) is 80.6. The molecule has 1 fully saturated rings. The van der Waals surface area contributed by atoms with Crippen LogP contribution in [-0.4, -0.2) is 248 Å². The second kappa shape index (κ2) is 41.4. The van der Waals surface area contributed by atoms with Gasteiger partial charge in [-0.3, -0.25) is 53.0 Å². The summed E-state index contributed by atoms with van der Waals surface area (Å²) in [6.45, 7) is 8.72. The van der Waals surface area contributed by atoms with E-state index in [4.69, 9.17) is 52.4 Å². The number of carbonyl (C=O) groups is 9. The lowest BCUT2D eigenvalue weighted by Gasteiger charge is -2.41. The number of likely N-dealkylation sites (tertiary alicyclic amines) is 1. The highest BCUT2D eigenvalue weighted by Crippen LogP contribution is 2.48. The molecule has 2 aromatic carbocycles. The molecule has 4 aliphatic heterocycles. The number of amides is 8. The van der Waals surface area contributed by atoms with Gasteiger partial charge in [0.2, 0.25) is 35.4 Å². The minimum atomic E-state index is -2.00. The highest BCUT2D eigenvalue weighted by atomic mass is 19.1. The molecular weight excluding hydrogens is 1370 g/mol. The zero-order chi connectivity index (χ0) is 74.5. The summed E-state index contributed by atoms with van der Waals surface area (Å²) in [5.41, 5.74) is 3.47. The van der Waals surface area contributed by atoms with Crippen LogP contribution in [0.25, 0.3) is 22.3 Å². The summed E-state index contributed by atoms with van der Waals surface area (Å²) in [6.07, 6.45) is 7.38. The number of esters is 1. The van der Waals surface area contributed by atoms with Gasteiger partial charge in [0, 0.05) is 79.8 Å². The summed E-state index contributed by atoms with van der Waals surface area (Å²) < 4.78 is 72.3. The fourth-order valence-corrected chi connectivity index (χ4v) is 13.1. The van der Waals surface area contributed by atoms with Crippen molar-refractivity contribution < 1.29 is 100 Å². The molecule has 0 saturated carbocycles. The van der Waals surface area contributed by atoms with Crippen LogP contribution in [0.4, 0.5) is 4.39 Å². The first-order chi connectivity index (χ1) is 50.9. The van der Waals surface area contributed by atoms with Crippen LogP contribution in [0.3, 0.4) is 0 Å². The van der Waals surface area contributed by atoms with E-state index in [1.165, 1.54) is 23.1 Å². The predicted octanol–water partition coefficient (Wildman–Crippen LogP) is 0.880. The fourth-order valence-electron chi connectivity index (χ4n) is 13.1. The topological polar surface area (TPSA) is 380 Å². The third-order valence-corrected chi connectivity index (χ3v) is 18.7. The molecule has 2 aromatic heterocycles. The minimum absolute atomic E-state index is 0.00148. The van der Waals surface area contributed by atoms with Crippen molar-refractivity contribution in [2.75, 3.05) is 158 Å². The molecule has 32 heteroatoms. The first-order valence-electron chi connectivity index (χ1n) is 35.9. The third kappa shape index (κ3) is 23.2. The summed E-state index contributed by atoms with van der Waals surface area (Å²) in [7, 11) is 0. The summed E-state index contributed by atoms with van der Waals surface area (Å²) in [6, 6.07) is 10.8. The number of hydrogen-bond donors (Lipinski definition) is 7. The lowest BCUT2D eigenvalue weighted by Crippen LogP contribution is -2.52. The van der Waals surface area contributed by atoms with Crippen molar-refractivity contribution in [2.45, 2.75) is 115 Å². The van der Waals surface area contributed by atoms with Gasteiger partial charge in [0.25, 0.3) is 17.4 Å². The number of cyclic esters (lactones) is 1. The third-order valence-electron chi connectivity index (χ3n) is 18.7. The smallest absolute Gasteiger partial charge is 0.343 e. The van der Waals surface area contributed by atoms with E-state index in [9.17, 15) is 53.1 Å². The normalized spacial score (nSPS) is 17.1. The standard InChI is InChI=1S/C73H97FN10O21/c1-3-73(95)54-39-59-69-52(44-84(59)71(93)53(54)45-104-72(73)94)68-58(14-13-51-48(2)55(74)40-56(81-69)67(51)68)82-21-17-50(18-22-82)105-47-79-62(87)42-78-70(92)57(38-49-10-6-4-7-11-49)80-63(88)43-76-61(86)41-77-64(89)46-103-37-36-102-35-34-101-33-32-100-31-30-99-29-28-98-27-26-97-25-24-96-23-19-75-60(85)12-8-5-9-20-83-65(90)15-16-66(83)91/h4,6-7,10-11,15-16,39-40,50,57-58,95H,3,5,8-9,12-14,17-38,41-47H2,1-2H3,(H,75,85)(H,76,86)(H,77,89)(H,78,92)(H,79,87)(H,80,88)/t57-,58-,73-/m0/s1. The van der Waals surface area contributed by atoms with Crippen LogP contribution in [0.15, 0.2) is 59.4 Å². The zero-order valence-electron chi connectivity index (χ0n) is 59.7. The Bertz CT molecular complexity index is 3740. The van der Waals surface area contributed by atoms with Crippen molar-refractivity contribution >= 4 is 64.1 Å². The second-order valence-corrected chi connectivity index (χ2v) is 25.8. The largest absolute Gasteiger partial charge is 0.458 e. The molecule has 0 unspecified atom stereocenters. The highest BCUT2D eigenvalue weighted by molar-refractivity contribution is 6.12. The number of nitrogens with one attached hydrogen (secondary N) is 6. The number of rotatable bonds is 47. The molecule has 1 saturated heterocycles. The van der Waals surface area contributed by atoms with Crippen molar-refractivity contribution in [3.63, 3.8) is 0 Å². The highest BCUT2D eigenvalue weighted by Gasteiger charge is 2.46. The van der Waals surface area contributed by atoms with Gasteiger partial charge in [-0.05, 0) is 80.2 Å². The van der Waals surface area contributed by atoms with Gasteiger partial charge < -0.3 is 88.9 Å². The van der Waals surface area contributed by atoms with Gasteiger partial charge in [0.05, 0.1) is 154 Å². The molecule has 4 aromatic rings. The number of pyridine rings is 2. The predicted molar refractivity (Wildman–Crippen MR) is 374 cm³/mol. The monoisotopic (exact) mass is 1470 g/mol. The molecule has 8 amide bonds. The zero-order valence-corrected chi connectivity index (χ0v) is 59.7. The first-order valence-corrected chi connectivity index (χ1v) is 35.9. The number of aryl methyl sites for hydroxylation is 1. The molecule has 7 N–H and O–H groups in total. The lowest BCUT2D eigenvalue weighted by atomic mass is 9.80. The number of ether oxygens (including phenoxy) is 10. The van der Waals surface area contributed by atoms with E-state index in [1.54, 1.807) is 54.8 Å². The van der Waals surface area contributed by atoms with Gasteiger partial charge in [0.1, 0.15) is 31.8 Å². The Kier molecular flexibility index (Phi) is 31.8. The Morgan fingerprint density at radius 3 is 1.90 bits per heavy atom. The molecule has 9 rings (SSSR count). The molecule has 105 heavy (non-hydrogen) atoms. The van der Waals surface area contributed by atoms with E-state index in [0.29, 0.717) is 173 Å². The van der Waals surface area contributed by atoms with Gasteiger partial charge in [0.15, 0.2) is 5.60 Å². The Morgan fingerprint density at radius 2 is 1.26 bits per heavy atom. The molecule has 3 atom stereocenters. The number of imide groups is 1. The molecular formula is C73H97FN10O21. The number of carbonyl (C=O) groups excluding carboxylic acids is 9. The van der Waals surface area contributed by atoms with E-state index in [2.05, 4.69) is 36.8 Å². The van der Waals surface area contributed by atoms with Crippen LogP contribution in [-0.2, 0) is 122 Å². The van der Waals surface area contributed by atoms with Gasteiger partial charge in [-0.2, -0.15) is 0 Å². The summed E-state index contributed by atoms with van der Waals surface area (Å²) in [5.74, 6) is -4.95. The van der Waals surface area contributed by atoms with Crippen LogP contribution in [0.1, 0.15) is 103 Å². The summed E-state index contributed by atoms with van der Waals surface area (Å²) in [4.78, 5) is 135. The molecule has 6 heterocycles. The maximum Gasteiger partial charge on any atom is 0.343 e. The quantitative estimate of drug-likeness (QED) is 0.0123. The Balaban J connectivity index is 0.558. The number of nitrogens with zero attached hydrogens (tertiary/aromatic N) is 4. The summed E-state index contributed by atoms with van der Waals surface area (Å²) >= 11 is 0. The molecule has 0 radical (unpaired) electrons. The van der Waals surface area contributed by atoms with Crippen LogP contribution >= 0.6 is 0 Å². The molecule has 0 bridgehead atoms. The molecule has 0 spiro atoms. The minimum Gasteiger partial charge on any atom is -0.458 e. The van der Waals surface area contributed by atoms with E-state index in [0.717, 1.165) is 34.1 Å². The van der Waals surface area contributed by atoms with E-state index < -0.39 is 66.8 Å². The SMILES string of the molecule is CC[C@@]1(O)C(=O)OCc2c1cc1n(c2=O)Cc2c-1nc1cc(F)c(C)c3c1c2[C@@H](N1CCC(OCNC(=O)CNC(=O)[C@H](Cc2ccccc2)NC(=O)CNC(=O)CNC(=O)COCCOCCOCCOCCOCCOCCOCCOCCNC(=O)CCCCCN2C(=O)C=CC2=O)CC1)CC3. The molecule has 31 nitrogen and oxygen atoms in total. The molecule has 572 valence electrons. The Hall–Kier alpha value is -8.54. The van der Waals surface area contributed by atoms with Crippen molar-refractivity contribution in [2.24, 2.45) is 0 Å². The number of hydrogen-bond acceptors (Lipinski definition) is 23. The van der Waals surface area contributed by atoms with Crippen molar-refractivity contribution in [1.29, 1.82) is 0 Å². The second-order valence-electron chi connectivity index (χ2n) is 25.8. The fraction of sp³-hybridized carbons (Fsp3) is 0.575. The van der Waals surface area contributed by atoms with Crippen LogP contribution in [0, 0.1) is 12.7 Å². The number of aliphatic hydroxyl groups is 1. The van der Waals surface area contributed by atoms with Crippen LogP contribution in [0.2, 0.25) is 0 Å². The van der Waals surface area contributed by atoms with E-state index >= 15 is 4.39 Å². The number of benzene rings is 2. The molecule has 1 aliphatic carbocycles. The summed E-state index contributed by atoms with van der Waals surface area (Å²) in [5, 5.41) is 27.9. The average molecular weight is 1470 g/mol. The number of piperidine rings is 1. The number of aromatic nitrogens is 2. The maximum atomic E-state index is 15.6. The van der Waals surface area contributed by atoms with Crippen LogP contribution in [0.5, 0.6) is 0 Å². The van der Waals surface area contributed by atoms with Gasteiger partial charge >= 0.3 is 5.97 Å². The van der Waals surface area contributed by atoms with Crippen molar-refractivity contribution in [3.8, 4) is 11.4 Å². The van der Waals surface area contributed by atoms with Gasteiger partial charge in [-0.1, -0.05) is 43.7 Å². The van der Waals surface area contributed by atoms with Crippen molar-refractivity contribution in [1.82, 2.24) is 51.3 Å². The number of unbranched alkanes of at least 4 members (excludes halogenated alkanes) is 2. The van der Waals surface area contributed by atoms with E-state index in [1.807, 2.05) is 0 Å². The van der Waals surface area contributed by atoms with Gasteiger partial charge in [-0.15, -0.1) is 0 Å². The average Bonchev–Trinajstić information content (AvgIpc) is 1.61. The Labute approximate surface area is 607 Å². The maximum absolute atomic E-state index is 15.6. The number of halogens is 1. The number of fused-ring (bicyclic) bond motifs is 5. The Morgan fingerprint density at radius 1 is 0.667 bits per heavy atom. The van der Waals surface area contributed by atoms with Crippen LogP contribution < -0.4 is 37.5 Å². The molecule has 5 aliphatic rings. The van der Waals surface area contributed by atoms with E-state index in [-0.39, 0.29) is 112 Å². The van der Waals surface area contributed by atoms with Crippen molar-refractivity contribution in [3.05, 3.63) is 110 Å². The lowest BCUT2D eigenvalue weighted by molar-refractivity contribution is -0.172.